The standard InChI is InChI=1S/C19H17N3O4/c23-16(24)10-11-20-18(25)17(13-6-2-1-3-7-13)22-12-21-15-9-5-4-8-14(15)19(22)26/h1-9,12,17H,10-11H2,(H,20,25)(H,23,24)/p-1/t17-/m0/s1. The van der Waals surface area contributed by atoms with Crippen molar-refractivity contribution in [2.75, 3.05) is 6.54 Å². The van der Waals surface area contributed by atoms with Crippen LogP contribution in [-0.2, 0) is 9.59 Å². The molecule has 7 nitrogen and oxygen atoms in total. The molecule has 0 radical (unpaired) electrons. The van der Waals surface area contributed by atoms with Crippen LogP contribution in [-0.4, -0.2) is 28.0 Å². The van der Waals surface area contributed by atoms with Gasteiger partial charge in [-0.3, -0.25) is 14.2 Å². The first-order valence-electron chi connectivity index (χ1n) is 8.06. The number of rotatable bonds is 6. The summed E-state index contributed by atoms with van der Waals surface area (Å²) in [4.78, 5) is 40.4. The maximum atomic E-state index is 12.9. The first-order valence-corrected chi connectivity index (χ1v) is 8.06. The zero-order valence-corrected chi connectivity index (χ0v) is 13.8. The van der Waals surface area contributed by atoms with Crippen LogP contribution < -0.4 is 16.0 Å². The van der Waals surface area contributed by atoms with Crippen molar-refractivity contribution in [3.8, 4) is 0 Å². The molecule has 1 N–H and O–H groups in total. The van der Waals surface area contributed by atoms with E-state index in [0.29, 0.717) is 16.5 Å². The fraction of sp³-hybridized carbons (Fsp3) is 0.158. The van der Waals surface area contributed by atoms with Crippen LogP contribution >= 0.6 is 0 Å². The summed E-state index contributed by atoms with van der Waals surface area (Å²) in [5.74, 6) is -1.75. The van der Waals surface area contributed by atoms with Gasteiger partial charge < -0.3 is 15.2 Å². The number of aliphatic carboxylic acids is 1. The van der Waals surface area contributed by atoms with E-state index in [1.54, 1.807) is 54.6 Å². The van der Waals surface area contributed by atoms with Crippen molar-refractivity contribution in [2.24, 2.45) is 0 Å². The first-order chi connectivity index (χ1) is 12.6. The Balaban J connectivity index is 2.04. The van der Waals surface area contributed by atoms with Gasteiger partial charge in [-0.1, -0.05) is 42.5 Å². The number of carboxylic acids is 1. The summed E-state index contributed by atoms with van der Waals surface area (Å²) in [5, 5.41) is 13.5. The fourth-order valence-corrected chi connectivity index (χ4v) is 2.72. The molecule has 0 bridgehead atoms. The molecule has 0 unspecified atom stereocenters. The average Bonchev–Trinajstić information content (AvgIpc) is 2.65. The molecular formula is C19H16N3O4-. The summed E-state index contributed by atoms with van der Waals surface area (Å²) in [6, 6.07) is 14.7. The van der Waals surface area contributed by atoms with Crippen molar-refractivity contribution in [3.05, 3.63) is 76.8 Å². The SMILES string of the molecule is O=C([O-])CCNC(=O)[C@H](c1ccccc1)n1cnc2ccccc2c1=O. The second-order valence-corrected chi connectivity index (χ2v) is 5.70. The Kier molecular flexibility index (Phi) is 5.07. The van der Waals surface area contributed by atoms with Crippen molar-refractivity contribution >= 4 is 22.8 Å². The number of hydrogen-bond donors (Lipinski definition) is 1. The maximum Gasteiger partial charge on any atom is 0.262 e. The molecular weight excluding hydrogens is 334 g/mol. The monoisotopic (exact) mass is 350 g/mol. The highest BCUT2D eigenvalue weighted by molar-refractivity contribution is 5.84. The average molecular weight is 350 g/mol. The molecule has 2 aromatic carbocycles. The van der Waals surface area contributed by atoms with Crippen molar-refractivity contribution in [2.45, 2.75) is 12.5 Å². The molecule has 3 aromatic rings. The largest absolute Gasteiger partial charge is 0.550 e. The summed E-state index contributed by atoms with van der Waals surface area (Å²) < 4.78 is 1.26. The molecule has 26 heavy (non-hydrogen) atoms. The number of carbonyl (C=O) groups is 2. The Morgan fingerprint density at radius 1 is 1.08 bits per heavy atom. The molecule has 0 saturated carbocycles. The molecule has 0 spiro atoms. The van der Waals surface area contributed by atoms with E-state index in [0.717, 1.165) is 0 Å². The van der Waals surface area contributed by atoms with Crippen LogP contribution in [0.15, 0.2) is 65.7 Å². The van der Waals surface area contributed by atoms with Crippen LogP contribution in [0.2, 0.25) is 0 Å². The number of amides is 1. The third kappa shape index (κ3) is 3.61. The van der Waals surface area contributed by atoms with Gasteiger partial charge in [0, 0.05) is 18.9 Å². The highest BCUT2D eigenvalue weighted by Crippen LogP contribution is 2.18. The van der Waals surface area contributed by atoms with Crippen LogP contribution in [0.25, 0.3) is 10.9 Å². The van der Waals surface area contributed by atoms with Gasteiger partial charge in [-0.15, -0.1) is 0 Å². The van der Waals surface area contributed by atoms with E-state index >= 15 is 0 Å². The lowest BCUT2D eigenvalue weighted by Gasteiger charge is -2.20. The smallest absolute Gasteiger partial charge is 0.262 e. The molecule has 0 fully saturated rings. The third-order valence-electron chi connectivity index (χ3n) is 3.96. The van der Waals surface area contributed by atoms with E-state index in [4.69, 9.17) is 0 Å². The fourth-order valence-electron chi connectivity index (χ4n) is 2.72. The summed E-state index contributed by atoms with van der Waals surface area (Å²) in [7, 11) is 0. The van der Waals surface area contributed by atoms with E-state index in [1.807, 2.05) is 0 Å². The molecule has 0 saturated heterocycles. The second-order valence-electron chi connectivity index (χ2n) is 5.70. The molecule has 1 amide bonds. The van der Waals surface area contributed by atoms with Gasteiger partial charge in [0.1, 0.15) is 6.04 Å². The first kappa shape index (κ1) is 17.3. The van der Waals surface area contributed by atoms with Gasteiger partial charge in [0.05, 0.1) is 17.2 Å². The topological polar surface area (TPSA) is 104 Å². The van der Waals surface area contributed by atoms with E-state index in [2.05, 4.69) is 10.3 Å². The number of nitrogens with zero attached hydrogens (tertiary/aromatic N) is 2. The summed E-state index contributed by atoms with van der Waals surface area (Å²) in [6.07, 6.45) is 1.03. The summed E-state index contributed by atoms with van der Waals surface area (Å²) in [5.41, 5.74) is 0.787. The lowest BCUT2D eigenvalue weighted by atomic mass is 10.1. The van der Waals surface area contributed by atoms with Gasteiger partial charge in [-0.2, -0.15) is 0 Å². The number of fused-ring (bicyclic) bond motifs is 1. The van der Waals surface area contributed by atoms with Crippen LogP contribution in [0, 0.1) is 0 Å². The second kappa shape index (κ2) is 7.60. The minimum absolute atomic E-state index is 0.0831. The molecule has 3 rings (SSSR count). The maximum absolute atomic E-state index is 12.9. The number of benzene rings is 2. The van der Waals surface area contributed by atoms with Crippen molar-refractivity contribution in [1.82, 2.24) is 14.9 Å². The van der Waals surface area contributed by atoms with E-state index < -0.39 is 17.9 Å². The van der Waals surface area contributed by atoms with Gasteiger partial charge in [0.25, 0.3) is 5.56 Å². The van der Waals surface area contributed by atoms with Crippen LogP contribution in [0.4, 0.5) is 0 Å². The third-order valence-corrected chi connectivity index (χ3v) is 3.96. The molecule has 1 atom stereocenters. The summed E-state index contributed by atoms with van der Waals surface area (Å²) >= 11 is 0. The van der Waals surface area contributed by atoms with E-state index in [9.17, 15) is 19.5 Å². The van der Waals surface area contributed by atoms with Gasteiger partial charge in [0.15, 0.2) is 0 Å². The van der Waals surface area contributed by atoms with Crippen LogP contribution in [0.5, 0.6) is 0 Å². The highest BCUT2D eigenvalue weighted by Gasteiger charge is 2.24. The molecule has 0 aliphatic carbocycles. The zero-order chi connectivity index (χ0) is 18.5. The van der Waals surface area contributed by atoms with Crippen molar-refractivity contribution in [1.29, 1.82) is 0 Å². The molecule has 7 heteroatoms. The minimum Gasteiger partial charge on any atom is -0.550 e. The lowest BCUT2D eigenvalue weighted by molar-refractivity contribution is -0.305. The summed E-state index contributed by atoms with van der Waals surface area (Å²) in [6.45, 7) is -0.0831. The number of para-hydroxylation sites is 1. The van der Waals surface area contributed by atoms with Crippen molar-refractivity contribution in [3.63, 3.8) is 0 Å². The Morgan fingerprint density at radius 3 is 2.50 bits per heavy atom. The quantitative estimate of drug-likeness (QED) is 0.686. The minimum atomic E-state index is -1.26. The number of carboxylic acid groups (broad SMARTS) is 1. The zero-order valence-electron chi connectivity index (χ0n) is 13.8. The molecule has 1 aromatic heterocycles. The van der Waals surface area contributed by atoms with Gasteiger partial charge in [0.2, 0.25) is 5.91 Å². The predicted octanol–water partition coefficient (Wildman–Crippen LogP) is 0.242. The Labute approximate surface area is 148 Å². The van der Waals surface area contributed by atoms with Gasteiger partial charge in [-0.25, -0.2) is 4.98 Å². The number of aromatic nitrogens is 2. The molecule has 0 aliphatic rings. The molecule has 132 valence electrons. The molecule has 0 aliphatic heterocycles. The Bertz CT molecular complexity index is 998. The highest BCUT2D eigenvalue weighted by atomic mass is 16.4. The Hall–Kier alpha value is -3.48. The Morgan fingerprint density at radius 2 is 1.77 bits per heavy atom. The number of hydrogen-bond acceptors (Lipinski definition) is 5. The van der Waals surface area contributed by atoms with Crippen molar-refractivity contribution < 1.29 is 14.7 Å². The van der Waals surface area contributed by atoms with Gasteiger partial charge in [-0.05, 0) is 17.7 Å². The van der Waals surface area contributed by atoms with Crippen LogP contribution in [0.1, 0.15) is 18.0 Å². The predicted molar refractivity (Wildman–Crippen MR) is 93.2 cm³/mol. The number of carbonyl (C=O) groups excluding carboxylic acids is 2. The van der Waals surface area contributed by atoms with Gasteiger partial charge >= 0.3 is 0 Å². The lowest BCUT2D eigenvalue weighted by Crippen LogP contribution is -2.39. The molecule has 1 heterocycles. The van der Waals surface area contributed by atoms with Crippen LogP contribution in [0.3, 0.4) is 0 Å². The van der Waals surface area contributed by atoms with E-state index in [1.165, 1.54) is 10.9 Å². The normalized spacial score (nSPS) is 11.8. The van der Waals surface area contributed by atoms with E-state index in [-0.39, 0.29) is 18.5 Å². The number of nitrogens with one attached hydrogen (secondary N) is 1.